The molecule has 138 valence electrons. The molecule has 0 saturated heterocycles. The average molecular weight is 333 g/mol. The van der Waals surface area contributed by atoms with E-state index in [1.54, 1.807) is 6.07 Å². The Kier molecular flexibility index (Phi) is 12.6. The highest BCUT2D eigenvalue weighted by Gasteiger charge is 2.02. The summed E-state index contributed by atoms with van der Waals surface area (Å²) < 4.78 is 0. The van der Waals surface area contributed by atoms with Crippen molar-refractivity contribution in [3.8, 4) is 5.75 Å². The predicted octanol–water partition coefficient (Wildman–Crippen LogP) is 7.66. The molecule has 0 unspecified atom stereocenters. The van der Waals surface area contributed by atoms with Gasteiger partial charge >= 0.3 is 0 Å². The van der Waals surface area contributed by atoms with E-state index in [9.17, 15) is 5.11 Å². The maximum Gasteiger partial charge on any atom is 0.115 e. The number of phenols is 1. The van der Waals surface area contributed by atoms with Crippen LogP contribution in [0.15, 0.2) is 24.3 Å². The topological polar surface area (TPSA) is 20.2 Å². The van der Waals surface area contributed by atoms with Crippen LogP contribution >= 0.6 is 0 Å². The first kappa shape index (κ1) is 21.1. The van der Waals surface area contributed by atoms with Gasteiger partial charge in [-0.1, -0.05) is 103 Å². The molecule has 1 nitrogen and oxygen atoms in total. The highest BCUT2D eigenvalue weighted by Crippen LogP contribution is 2.19. The third-order valence-corrected chi connectivity index (χ3v) is 5.12. The van der Waals surface area contributed by atoms with Gasteiger partial charge in [0.25, 0.3) is 0 Å². The van der Waals surface area contributed by atoms with Gasteiger partial charge in [-0.2, -0.15) is 0 Å². The molecule has 1 aromatic rings. The summed E-state index contributed by atoms with van der Waals surface area (Å²) in [6.07, 6.45) is 19.2. The SMILES string of the molecule is CCCCCCCC[C@@H](C)CCCCCCCc1cccc(O)c1. The van der Waals surface area contributed by atoms with E-state index >= 15 is 0 Å². The fraction of sp³-hybridized carbons (Fsp3) is 0.739. The quantitative estimate of drug-likeness (QED) is 0.327. The standard InChI is InChI=1S/C23H40O/c1-3-4-5-6-8-11-15-21(2)16-12-9-7-10-13-17-22-18-14-19-23(24)20-22/h14,18-21,24H,3-13,15-17H2,1-2H3/t21-/m1/s1. The van der Waals surface area contributed by atoms with Crippen LogP contribution in [0.2, 0.25) is 0 Å². The molecule has 1 heteroatoms. The van der Waals surface area contributed by atoms with Crippen LogP contribution in [0.1, 0.15) is 103 Å². The lowest BCUT2D eigenvalue weighted by Gasteiger charge is -2.11. The van der Waals surface area contributed by atoms with Gasteiger partial charge in [0, 0.05) is 0 Å². The molecule has 1 atom stereocenters. The fourth-order valence-corrected chi connectivity index (χ4v) is 3.48. The molecule has 0 amide bonds. The Morgan fingerprint density at radius 3 is 2.00 bits per heavy atom. The van der Waals surface area contributed by atoms with Crippen LogP contribution < -0.4 is 0 Å². The Morgan fingerprint density at radius 2 is 1.38 bits per heavy atom. The summed E-state index contributed by atoms with van der Waals surface area (Å²) in [5.41, 5.74) is 1.27. The van der Waals surface area contributed by atoms with Crippen molar-refractivity contribution in [1.82, 2.24) is 0 Å². The molecule has 1 aromatic carbocycles. The molecule has 1 N–H and O–H groups in total. The molecule has 0 radical (unpaired) electrons. The number of aromatic hydroxyl groups is 1. The molecule has 1 rings (SSSR count). The summed E-state index contributed by atoms with van der Waals surface area (Å²) in [6, 6.07) is 7.69. The Balaban J connectivity index is 1.87. The van der Waals surface area contributed by atoms with Gasteiger partial charge in [0.15, 0.2) is 0 Å². The van der Waals surface area contributed by atoms with Crippen molar-refractivity contribution >= 4 is 0 Å². The Bertz CT molecular complexity index is 399. The summed E-state index contributed by atoms with van der Waals surface area (Å²) in [6.45, 7) is 4.72. The number of unbranched alkanes of at least 4 members (excludes halogenated alkanes) is 9. The van der Waals surface area contributed by atoms with Crippen LogP contribution in [0, 0.1) is 5.92 Å². The minimum Gasteiger partial charge on any atom is -0.508 e. The van der Waals surface area contributed by atoms with E-state index in [0.717, 1.165) is 12.3 Å². The Morgan fingerprint density at radius 1 is 0.792 bits per heavy atom. The van der Waals surface area contributed by atoms with E-state index in [0.29, 0.717) is 5.75 Å². The van der Waals surface area contributed by atoms with Crippen LogP contribution in [0.25, 0.3) is 0 Å². The molecule has 24 heavy (non-hydrogen) atoms. The van der Waals surface area contributed by atoms with Crippen molar-refractivity contribution in [2.24, 2.45) is 5.92 Å². The van der Waals surface area contributed by atoms with Gasteiger partial charge in [0.05, 0.1) is 0 Å². The molecule has 0 aliphatic carbocycles. The number of aryl methyl sites for hydroxylation is 1. The predicted molar refractivity (Wildman–Crippen MR) is 107 cm³/mol. The molecule has 0 heterocycles. The third kappa shape index (κ3) is 11.5. The van der Waals surface area contributed by atoms with Crippen molar-refractivity contribution in [3.05, 3.63) is 29.8 Å². The van der Waals surface area contributed by atoms with E-state index in [-0.39, 0.29) is 0 Å². The lowest BCUT2D eigenvalue weighted by Crippen LogP contribution is -1.95. The molecule has 0 saturated carbocycles. The Labute approximate surface area is 150 Å². The number of rotatable bonds is 15. The molecular weight excluding hydrogens is 292 g/mol. The number of hydrogen-bond donors (Lipinski definition) is 1. The third-order valence-electron chi connectivity index (χ3n) is 5.12. The maximum atomic E-state index is 9.45. The zero-order valence-electron chi connectivity index (χ0n) is 16.2. The van der Waals surface area contributed by atoms with Crippen LogP contribution in [0.5, 0.6) is 5.75 Å². The van der Waals surface area contributed by atoms with Gasteiger partial charge < -0.3 is 5.11 Å². The zero-order valence-corrected chi connectivity index (χ0v) is 16.2. The van der Waals surface area contributed by atoms with E-state index in [4.69, 9.17) is 0 Å². The van der Waals surface area contributed by atoms with Gasteiger partial charge in [-0.15, -0.1) is 0 Å². The summed E-state index contributed by atoms with van der Waals surface area (Å²) in [5, 5.41) is 9.45. The smallest absolute Gasteiger partial charge is 0.115 e. The van der Waals surface area contributed by atoms with E-state index in [2.05, 4.69) is 19.9 Å². The first-order valence-corrected chi connectivity index (χ1v) is 10.5. The van der Waals surface area contributed by atoms with Gasteiger partial charge in [-0.3, -0.25) is 0 Å². The summed E-state index contributed by atoms with van der Waals surface area (Å²) in [4.78, 5) is 0. The molecule has 0 aromatic heterocycles. The minimum atomic E-state index is 0.395. The molecule has 0 aliphatic heterocycles. The normalized spacial score (nSPS) is 12.4. The van der Waals surface area contributed by atoms with Gasteiger partial charge in [-0.05, 0) is 36.5 Å². The largest absolute Gasteiger partial charge is 0.508 e. The molecular formula is C23H40O. The highest BCUT2D eigenvalue weighted by molar-refractivity contribution is 5.27. The minimum absolute atomic E-state index is 0.395. The Hall–Kier alpha value is -0.980. The summed E-state index contributed by atoms with van der Waals surface area (Å²) >= 11 is 0. The summed E-state index contributed by atoms with van der Waals surface area (Å²) in [7, 11) is 0. The zero-order chi connectivity index (χ0) is 17.5. The molecule has 0 aliphatic rings. The second kappa shape index (κ2) is 14.4. The number of hydrogen-bond acceptors (Lipinski definition) is 1. The maximum absolute atomic E-state index is 9.45. The van der Waals surface area contributed by atoms with Gasteiger partial charge in [-0.25, -0.2) is 0 Å². The first-order chi connectivity index (χ1) is 11.7. The fourth-order valence-electron chi connectivity index (χ4n) is 3.48. The number of benzene rings is 1. The lowest BCUT2D eigenvalue weighted by atomic mass is 9.96. The lowest BCUT2D eigenvalue weighted by molar-refractivity contribution is 0.432. The van der Waals surface area contributed by atoms with Crippen LogP contribution in [0.3, 0.4) is 0 Å². The van der Waals surface area contributed by atoms with Gasteiger partial charge in [0.1, 0.15) is 5.75 Å². The van der Waals surface area contributed by atoms with Gasteiger partial charge in [0.2, 0.25) is 0 Å². The van der Waals surface area contributed by atoms with Crippen LogP contribution in [-0.2, 0) is 6.42 Å². The van der Waals surface area contributed by atoms with E-state index in [1.165, 1.54) is 89.0 Å². The molecule has 0 bridgehead atoms. The van der Waals surface area contributed by atoms with Crippen molar-refractivity contribution in [3.63, 3.8) is 0 Å². The first-order valence-electron chi connectivity index (χ1n) is 10.5. The van der Waals surface area contributed by atoms with Crippen molar-refractivity contribution in [2.75, 3.05) is 0 Å². The van der Waals surface area contributed by atoms with E-state index < -0.39 is 0 Å². The average Bonchev–Trinajstić information content (AvgIpc) is 2.57. The van der Waals surface area contributed by atoms with Crippen LogP contribution in [0.4, 0.5) is 0 Å². The molecule has 0 fully saturated rings. The molecule has 0 spiro atoms. The van der Waals surface area contributed by atoms with E-state index in [1.807, 2.05) is 12.1 Å². The number of phenolic OH excluding ortho intramolecular Hbond substituents is 1. The monoisotopic (exact) mass is 332 g/mol. The van der Waals surface area contributed by atoms with Crippen molar-refractivity contribution in [2.45, 2.75) is 104 Å². The second-order valence-corrected chi connectivity index (χ2v) is 7.64. The highest BCUT2D eigenvalue weighted by atomic mass is 16.3. The van der Waals surface area contributed by atoms with Crippen molar-refractivity contribution in [1.29, 1.82) is 0 Å². The second-order valence-electron chi connectivity index (χ2n) is 7.64. The summed E-state index contributed by atoms with van der Waals surface area (Å²) in [5.74, 6) is 1.32. The van der Waals surface area contributed by atoms with Crippen LogP contribution in [-0.4, -0.2) is 5.11 Å². The van der Waals surface area contributed by atoms with Crippen molar-refractivity contribution < 1.29 is 5.11 Å².